The summed E-state index contributed by atoms with van der Waals surface area (Å²) in [5.74, 6) is -0.701. The van der Waals surface area contributed by atoms with Crippen molar-refractivity contribution in [2.75, 3.05) is 20.6 Å². The molecular formula is C20H19BrFN3O2. The lowest BCUT2D eigenvalue weighted by Gasteiger charge is -2.35. The van der Waals surface area contributed by atoms with Crippen molar-refractivity contribution in [1.82, 2.24) is 14.8 Å². The van der Waals surface area contributed by atoms with E-state index in [4.69, 9.17) is 0 Å². The monoisotopic (exact) mass is 431 g/mol. The van der Waals surface area contributed by atoms with E-state index in [2.05, 4.69) is 20.9 Å². The first kappa shape index (κ1) is 18.1. The number of rotatable bonds is 3. The Kier molecular flexibility index (Phi) is 4.29. The number of halogens is 2. The van der Waals surface area contributed by atoms with E-state index in [0.717, 1.165) is 12.8 Å². The van der Waals surface area contributed by atoms with Gasteiger partial charge in [0, 0.05) is 37.2 Å². The molecule has 2 aliphatic rings. The molecule has 1 spiro atoms. The number of amides is 2. The minimum absolute atomic E-state index is 0.183. The van der Waals surface area contributed by atoms with Crippen LogP contribution in [-0.4, -0.2) is 47.2 Å². The highest BCUT2D eigenvalue weighted by Crippen LogP contribution is 2.54. The van der Waals surface area contributed by atoms with Gasteiger partial charge >= 0.3 is 0 Å². The highest BCUT2D eigenvalue weighted by Gasteiger charge is 2.53. The Morgan fingerprint density at radius 3 is 2.70 bits per heavy atom. The number of aromatic nitrogens is 1. The number of hydrogen-bond donors (Lipinski definition) is 0. The lowest BCUT2D eigenvalue weighted by Crippen LogP contribution is -2.43. The van der Waals surface area contributed by atoms with E-state index in [1.54, 1.807) is 49.3 Å². The van der Waals surface area contributed by atoms with E-state index in [-0.39, 0.29) is 23.0 Å². The quantitative estimate of drug-likeness (QED) is 0.748. The molecular weight excluding hydrogens is 413 g/mol. The summed E-state index contributed by atoms with van der Waals surface area (Å²) in [7, 11) is 3.34. The molecule has 1 aliphatic heterocycles. The Bertz CT molecular complexity index is 956. The van der Waals surface area contributed by atoms with Crippen LogP contribution >= 0.6 is 15.9 Å². The maximum absolute atomic E-state index is 14.7. The molecule has 5 nitrogen and oxygen atoms in total. The normalized spacial score (nSPS) is 17.0. The lowest BCUT2D eigenvalue weighted by molar-refractivity contribution is 0.0693. The molecule has 1 saturated carbocycles. The van der Waals surface area contributed by atoms with Crippen molar-refractivity contribution in [2.24, 2.45) is 0 Å². The molecule has 1 aliphatic carbocycles. The second-order valence-electron chi connectivity index (χ2n) is 7.44. The molecule has 2 aromatic rings. The first-order valence-electron chi connectivity index (χ1n) is 8.78. The molecule has 0 saturated heterocycles. The number of carbonyl (C=O) groups excluding carboxylic acids is 2. The molecule has 7 heteroatoms. The van der Waals surface area contributed by atoms with Gasteiger partial charge in [-0.25, -0.2) is 9.37 Å². The molecule has 2 heterocycles. The van der Waals surface area contributed by atoms with Crippen molar-refractivity contribution < 1.29 is 14.0 Å². The van der Waals surface area contributed by atoms with Gasteiger partial charge in [0.25, 0.3) is 11.8 Å². The number of nitrogens with zero attached hydrogens (tertiary/aromatic N) is 3. The third-order valence-electron chi connectivity index (χ3n) is 5.27. The second-order valence-corrected chi connectivity index (χ2v) is 8.29. The molecule has 1 aromatic heterocycles. The Labute approximate surface area is 165 Å². The molecule has 0 unspecified atom stereocenters. The summed E-state index contributed by atoms with van der Waals surface area (Å²) < 4.78 is 15.1. The lowest BCUT2D eigenvalue weighted by atomic mass is 9.86. The Morgan fingerprint density at radius 2 is 2.04 bits per heavy atom. The largest absolute Gasteiger partial charge is 0.343 e. The number of carbonyl (C=O) groups is 2. The van der Waals surface area contributed by atoms with Gasteiger partial charge in [-0.15, -0.1) is 0 Å². The molecule has 1 aromatic carbocycles. The average Bonchev–Trinajstić information content (AvgIpc) is 3.41. The van der Waals surface area contributed by atoms with Crippen LogP contribution in [-0.2, 0) is 12.0 Å². The summed E-state index contributed by atoms with van der Waals surface area (Å²) in [4.78, 5) is 32.7. The van der Waals surface area contributed by atoms with Crippen molar-refractivity contribution in [3.05, 3.63) is 63.1 Å². The molecule has 1 fully saturated rings. The molecule has 140 valence electrons. The number of pyridine rings is 1. The summed E-state index contributed by atoms with van der Waals surface area (Å²) in [6.07, 6.45) is 1.73. The van der Waals surface area contributed by atoms with E-state index in [0.29, 0.717) is 40.1 Å². The SMILES string of the molecule is CN(C)C(=O)c1cccc(CN2CC3(CC3)c3c(ccc(Br)c3F)C2=O)n1. The second kappa shape index (κ2) is 6.41. The number of hydrogen-bond acceptors (Lipinski definition) is 3. The Balaban J connectivity index is 1.65. The molecule has 0 atom stereocenters. The van der Waals surface area contributed by atoms with Crippen LogP contribution < -0.4 is 0 Å². The molecule has 4 rings (SSSR count). The van der Waals surface area contributed by atoms with Crippen molar-refractivity contribution in [3.63, 3.8) is 0 Å². The van der Waals surface area contributed by atoms with Crippen LogP contribution in [0.25, 0.3) is 0 Å². The summed E-state index contributed by atoms with van der Waals surface area (Å²) >= 11 is 3.23. The van der Waals surface area contributed by atoms with Crippen LogP contribution in [0.3, 0.4) is 0 Å². The Hall–Kier alpha value is -2.28. The van der Waals surface area contributed by atoms with Crippen molar-refractivity contribution in [2.45, 2.75) is 24.8 Å². The fraction of sp³-hybridized carbons (Fsp3) is 0.350. The maximum atomic E-state index is 14.7. The summed E-state index contributed by atoms with van der Waals surface area (Å²) in [6.45, 7) is 0.770. The summed E-state index contributed by atoms with van der Waals surface area (Å²) in [5, 5.41) is 0. The van der Waals surface area contributed by atoms with Gasteiger partial charge in [-0.2, -0.15) is 0 Å². The molecule has 0 N–H and O–H groups in total. The predicted octanol–water partition coefficient (Wildman–Crippen LogP) is 3.37. The fourth-order valence-electron chi connectivity index (χ4n) is 3.73. The van der Waals surface area contributed by atoms with E-state index >= 15 is 0 Å². The third kappa shape index (κ3) is 3.04. The summed E-state index contributed by atoms with van der Waals surface area (Å²) in [5.41, 5.74) is 1.67. The zero-order valence-electron chi connectivity index (χ0n) is 15.1. The van der Waals surface area contributed by atoms with E-state index in [9.17, 15) is 14.0 Å². The van der Waals surface area contributed by atoms with Gasteiger partial charge in [0.1, 0.15) is 11.5 Å². The molecule has 27 heavy (non-hydrogen) atoms. The van der Waals surface area contributed by atoms with Gasteiger partial charge in [-0.1, -0.05) is 6.07 Å². The van der Waals surface area contributed by atoms with Crippen LogP contribution in [0.4, 0.5) is 4.39 Å². The van der Waals surface area contributed by atoms with Crippen molar-refractivity contribution in [3.8, 4) is 0 Å². The van der Waals surface area contributed by atoms with Crippen LogP contribution in [0.5, 0.6) is 0 Å². The maximum Gasteiger partial charge on any atom is 0.271 e. The molecule has 0 radical (unpaired) electrons. The topological polar surface area (TPSA) is 53.5 Å². The first-order chi connectivity index (χ1) is 12.8. The standard InChI is InChI=1S/C20H19BrFN3O2/c1-24(2)19(27)15-5-3-4-12(23-15)10-25-11-20(8-9-20)16-13(18(25)26)6-7-14(21)17(16)22/h3-7H,8-11H2,1-2H3. The zero-order chi connectivity index (χ0) is 19.3. The van der Waals surface area contributed by atoms with E-state index in [1.807, 2.05) is 0 Å². The highest BCUT2D eigenvalue weighted by atomic mass is 79.9. The zero-order valence-corrected chi connectivity index (χ0v) is 16.7. The van der Waals surface area contributed by atoms with Gasteiger partial charge in [-0.3, -0.25) is 9.59 Å². The molecule has 2 amide bonds. The highest BCUT2D eigenvalue weighted by molar-refractivity contribution is 9.10. The molecule has 0 bridgehead atoms. The van der Waals surface area contributed by atoms with Crippen LogP contribution in [0.1, 0.15) is 44.9 Å². The van der Waals surface area contributed by atoms with Gasteiger partial charge in [0.05, 0.1) is 16.7 Å². The van der Waals surface area contributed by atoms with Gasteiger partial charge < -0.3 is 9.80 Å². The van der Waals surface area contributed by atoms with E-state index < -0.39 is 0 Å². The predicted molar refractivity (Wildman–Crippen MR) is 102 cm³/mol. The van der Waals surface area contributed by atoms with Gasteiger partial charge in [-0.05, 0) is 53.0 Å². The van der Waals surface area contributed by atoms with Crippen molar-refractivity contribution >= 4 is 27.7 Å². The van der Waals surface area contributed by atoms with Crippen LogP contribution in [0.15, 0.2) is 34.8 Å². The third-order valence-corrected chi connectivity index (χ3v) is 5.89. The van der Waals surface area contributed by atoms with Gasteiger partial charge in [0.2, 0.25) is 0 Å². The smallest absolute Gasteiger partial charge is 0.271 e. The minimum Gasteiger partial charge on any atom is -0.343 e. The summed E-state index contributed by atoms with van der Waals surface area (Å²) in [6, 6.07) is 8.51. The van der Waals surface area contributed by atoms with Crippen LogP contribution in [0, 0.1) is 5.82 Å². The minimum atomic E-state index is -0.324. The Morgan fingerprint density at radius 1 is 1.30 bits per heavy atom. The number of benzene rings is 1. The fourth-order valence-corrected chi connectivity index (χ4v) is 4.06. The van der Waals surface area contributed by atoms with Gasteiger partial charge in [0.15, 0.2) is 0 Å². The van der Waals surface area contributed by atoms with E-state index in [1.165, 1.54) is 4.90 Å². The van der Waals surface area contributed by atoms with Crippen LogP contribution in [0.2, 0.25) is 0 Å². The number of fused-ring (bicyclic) bond motifs is 2. The average molecular weight is 432 g/mol. The van der Waals surface area contributed by atoms with Crippen molar-refractivity contribution in [1.29, 1.82) is 0 Å². The first-order valence-corrected chi connectivity index (χ1v) is 9.57.